The minimum absolute atomic E-state index is 0.0545. The van der Waals surface area contributed by atoms with Crippen molar-refractivity contribution in [2.45, 2.75) is 12.8 Å². The van der Waals surface area contributed by atoms with Crippen molar-refractivity contribution in [2.24, 2.45) is 0 Å². The molecule has 0 unspecified atom stereocenters. The molecule has 0 saturated carbocycles. The highest BCUT2D eigenvalue weighted by atomic mass is 79.9. The number of hydrogen-bond donors (Lipinski definition) is 1. The SMILES string of the molecule is O=C(Nc1cc(Br)ccc1-n1cccn1)c1ccc(N2CCCC2)c([N+](=O)[O-])c1. The van der Waals surface area contributed by atoms with Gasteiger partial charge in [0.25, 0.3) is 11.6 Å². The molecule has 1 N–H and O–H groups in total. The maximum atomic E-state index is 12.9. The number of nitrogens with one attached hydrogen (secondary N) is 1. The van der Waals surface area contributed by atoms with Gasteiger partial charge < -0.3 is 10.2 Å². The Morgan fingerprint density at radius 3 is 2.59 bits per heavy atom. The number of nitrogens with zero attached hydrogens (tertiary/aromatic N) is 4. The van der Waals surface area contributed by atoms with E-state index in [1.54, 1.807) is 41.3 Å². The number of carbonyl (C=O) groups excluding carboxylic acids is 1. The van der Waals surface area contributed by atoms with E-state index in [0.29, 0.717) is 17.1 Å². The lowest BCUT2D eigenvalue weighted by molar-refractivity contribution is -0.384. The van der Waals surface area contributed by atoms with Crippen LogP contribution in [0.25, 0.3) is 5.69 Å². The minimum atomic E-state index is -0.432. The van der Waals surface area contributed by atoms with Crippen LogP contribution in [0.3, 0.4) is 0 Å². The van der Waals surface area contributed by atoms with Crippen molar-refractivity contribution in [3.8, 4) is 5.69 Å². The number of benzene rings is 2. The van der Waals surface area contributed by atoms with Crippen LogP contribution >= 0.6 is 15.9 Å². The van der Waals surface area contributed by atoms with Crippen molar-refractivity contribution in [1.82, 2.24) is 9.78 Å². The molecule has 148 valence electrons. The highest BCUT2D eigenvalue weighted by molar-refractivity contribution is 9.10. The van der Waals surface area contributed by atoms with Crippen LogP contribution in [0.15, 0.2) is 59.3 Å². The molecule has 1 amide bonds. The molecule has 1 aliphatic heterocycles. The molecule has 2 heterocycles. The zero-order valence-electron chi connectivity index (χ0n) is 15.4. The molecule has 9 heteroatoms. The van der Waals surface area contributed by atoms with Gasteiger partial charge in [-0.05, 0) is 49.2 Å². The summed E-state index contributed by atoms with van der Waals surface area (Å²) < 4.78 is 2.43. The highest BCUT2D eigenvalue weighted by Gasteiger charge is 2.24. The molecule has 2 aromatic carbocycles. The average Bonchev–Trinajstić information content (AvgIpc) is 3.42. The lowest BCUT2D eigenvalue weighted by Gasteiger charge is -2.18. The fraction of sp³-hybridized carbons (Fsp3) is 0.200. The van der Waals surface area contributed by atoms with Gasteiger partial charge in [0.2, 0.25) is 0 Å². The van der Waals surface area contributed by atoms with Crippen LogP contribution in [0, 0.1) is 10.1 Å². The van der Waals surface area contributed by atoms with E-state index in [2.05, 4.69) is 26.3 Å². The van der Waals surface area contributed by atoms with Crippen LogP contribution < -0.4 is 10.2 Å². The van der Waals surface area contributed by atoms with E-state index in [4.69, 9.17) is 0 Å². The molecule has 0 bridgehead atoms. The number of anilines is 2. The second-order valence-corrected chi connectivity index (χ2v) is 7.64. The lowest BCUT2D eigenvalue weighted by atomic mass is 10.1. The first-order chi connectivity index (χ1) is 14.0. The number of hydrogen-bond acceptors (Lipinski definition) is 5. The smallest absolute Gasteiger partial charge is 0.293 e. The number of nitro groups is 1. The van der Waals surface area contributed by atoms with E-state index in [1.165, 1.54) is 6.07 Å². The lowest BCUT2D eigenvalue weighted by Crippen LogP contribution is -2.20. The average molecular weight is 456 g/mol. The topological polar surface area (TPSA) is 93.3 Å². The molecule has 29 heavy (non-hydrogen) atoms. The normalized spacial score (nSPS) is 13.5. The number of aromatic nitrogens is 2. The summed E-state index contributed by atoms with van der Waals surface area (Å²) in [6, 6.07) is 11.9. The van der Waals surface area contributed by atoms with Gasteiger partial charge in [0.15, 0.2) is 0 Å². The summed E-state index contributed by atoms with van der Waals surface area (Å²) in [5.74, 6) is -0.424. The van der Waals surface area contributed by atoms with Crippen molar-refractivity contribution in [3.63, 3.8) is 0 Å². The highest BCUT2D eigenvalue weighted by Crippen LogP contribution is 2.32. The van der Waals surface area contributed by atoms with Gasteiger partial charge >= 0.3 is 0 Å². The van der Waals surface area contributed by atoms with Crippen molar-refractivity contribution < 1.29 is 9.72 Å². The predicted molar refractivity (Wildman–Crippen MR) is 114 cm³/mol. The van der Waals surface area contributed by atoms with Crippen LogP contribution in [0.5, 0.6) is 0 Å². The summed E-state index contributed by atoms with van der Waals surface area (Å²) in [4.78, 5) is 26.0. The molecule has 3 aromatic rings. The first kappa shape index (κ1) is 19.1. The van der Waals surface area contributed by atoms with Crippen LogP contribution in [0.4, 0.5) is 17.1 Å². The van der Waals surface area contributed by atoms with Crippen LogP contribution in [0.1, 0.15) is 23.2 Å². The fourth-order valence-corrected chi connectivity index (χ4v) is 3.81. The molecule has 8 nitrogen and oxygen atoms in total. The maximum absolute atomic E-state index is 12.9. The zero-order chi connectivity index (χ0) is 20.4. The van der Waals surface area contributed by atoms with E-state index < -0.39 is 10.8 Å². The Morgan fingerprint density at radius 2 is 1.90 bits per heavy atom. The van der Waals surface area contributed by atoms with Gasteiger partial charge in [-0.25, -0.2) is 4.68 Å². The minimum Gasteiger partial charge on any atom is -0.366 e. The summed E-state index contributed by atoms with van der Waals surface area (Å²) in [5.41, 5.74) is 1.96. The molecule has 1 saturated heterocycles. The van der Waals surface area contributed by atoms with E-state index in [-0.39, 0.29) is 11.3 Å². The predicted octanol–water partition coefficient (Wildman–Crippen LogP) is 4.40. The van der Waals surface area contributed by atoms with Gasteiger partial charge in [-0.3, -0.25) is 14.9 Å². The molecule has 1 aromatic heterocycles. The molecule has 0 radical (unpaired) electrons. The summed E-state index contributed by atoms with van der Waals surface area (Å²) in [7, 11) is 0. The Balaban J connectivity index is 1.65. The standard InChI is InChI=1S/C20H18BrN5O3/c21-15-5-7-17(25-11-3-8-22-25)16(13-15)23-20(27)14-4-6-18(19(12-14)26(28)29)24-9-1-2-10-24/h3-8,11-13H,1-2,9-10H2,(H,23,27). The number of carbonyl (C=O) groups is 1. The Kier molecular flexibility index (Phi) is 5.30. The monoisotopic (exact) mass is 455 g/mol. The van der Waals surface area contributed by atoms with Crippen molar-refractivity contribution in [2.75, 3.05) is 23.3 Å². The quantitative estimate of drug-likeness (QED) is 0.454. The van der Waals surface area contributed by atoms with E-state index in [1.807, 2.05) is 17.0 Å². The molecule has 1 aliphatic rings. The zero-order valence-corrected chi connectivity index (χ0v) is 17.0. The van der Waals surface area contributed by atoms with Gasteiger partial charge in [-0.2, -0.15) is 5.10 Å². The summed E-state index contributed by atoms with van der Waals surface area (Å²) in [6.07, 6.45) is 5.44. The number of halogens is 1. The van der Waals surface area contributed by atoms with Gasteiger partial charge in [-0.1, -0.05) is 15.9 Å². The Bertz CT molecular complexity index is 1060. The largest absolute Gasteiger partial charge is 0.366 e. The first-order valence-corrected chi connectivity index (χ1v) is 9.96. The third kappa shape index (κ3) is 4.00. The van der Waals surface area contributed by atoms with Crippen molar-refractivity contribution in [1.29, 1.82) is 0 Å². The summed E-state index contributed by atoms with van der Waals surface area (Å²) in [6.45, 7) is 1.58. The number of rotatable bonds is 5. The van der Waals surface area contributed by atoms with E-state index in [0.717, 1.165) is 30.4 Å². The summed E-state index contributed by atoms with van der Waals surface area (Å²) >= 11 is 3.41. The summed E-state index contributed by atoms with van der Waals surface area (Å²) in [5, 5.41) is 18.6. The van der Waals surface area contributed by atoms with Gasteiger partial charge in [-0.15, -0.1) is 0 Å². The Labute approximate surface area is 175 Å². The molecule has 0 atom stereocenters. The van der Waals surface area contributed by atoms with Gasteiger partial charge in [0.1, 0.15) is 5.69 Å². The number of amides is 1. The van der Waals surface area contributed by atoms with Crippen molar-refractivity contribution >= 4 is 38.9 Å². The first-order valence-electron chi connectivity index (χ1n) is 9.17. The van der Waals surface area contributed by atoms with Crippen molar-refractivity contribution in [3.05, 3.63) is 75.0 Å². The molecule has 4 rings (SSSR count). The third-order valence-electron chi connectivity index (χ3n) is 4.84. The van der Waals surface area contributed by atoms with Gasteiger partial charge in [0.05, 0.1) is 16.3 Å². The molecular formula is C20H18BrN5O3. The Morgan fingerprint density at radius 1 is 1.14 bits per heavy atom. The second kappa shape index (κ2) is 8.04. The number of nitro benzene ring substituents is 1. The van der Waals surface area contributed by atoms with Crippen LogP contribution in [-0.4, -0.2) is 33.7 Å². The molecule has 1 fully saturated rings. The maximum Gasteiger partial charge on any atom is 0.293 e. The van der Waals surface area contributed by atoms with Crippen LogP contribution in [0.2, 0.25) is 0 Å². The van der Waals surface area contributed by atoms with E-state index in [9.17, 15) is 14.9 Å². The Hall–Kier alpha value is -3.20. The molecular weight excluding hydrogens is 438 g/mol. The molecule has 0 spiro atoms. The van der Waals surface area contributed by atoms with E-state index >= 15 is 0 Å². The molecule has 0 aliphatic carbocycles. The van der Waals surface area contributed by atoms with Crippen LogP contribution in [-0.2, 0) is 0 Å². The second-order valence-electron chi connectivity index (χ2n) is 6.72. The van der Waals surface area contributed by atoms with Gasteiger partial charge in [0, 0.05) is 41.6 Å². The third-order valence-corrected chi connectivity index (χ3v) is 5.33. The fourth-order valence-electron chi connectivity index (χ4n) is 3.45.